The Morgan fingerprint density at radius 2 is 1.46 bits per heavy atom. The fourth-order valence-electron chi connectivity index (χ4n) is 3.40. The summed E-state index contributed by atoms with van der Waals surface area (Å²) >= 11 is 0. The Bertz CT molecular complexity index is 915. The van der Waals surface area contributed by atoms with Gasteiger partial charge in [-0.05, 0) is 56.5 Å². The number of rotatable bonds is 1. The molecule has 0 N–H and O–H groups in total. The molecule has 0 aliphatic carbocycles. The molecule has 1 aliphatic heterocycles. The zero-order valence-electron chi connectivity index (χ0n) is 14.7. The minimum absolute atomic E-state index is 0.124. The maximum atomic E-state index is 7.39. The van der Waals surface area contributed by atoms with E-state index in [9.17, 15) is 0 Å². The monoisotopic (exact) mass is 316 g/mol. The van der Waals surface area contributed by atoms with Crippen LogP contribution in [0.5, 0.6) is 0 Å². The van der Waals surface area contributed by atoms with Crippen LogP contribution in [0.25, 0.3) is 9.69 Å². The summed E-state index contributed by atoms with van der Waals surface area (Å²) in [5.74, 6) is 0. The van der Waals surface area contributed by atoms with Gasteiger partial charge < -0.3 is 9.80 Å². The van der Waals surface area contributed by atoms with Gasteiger partial charge in [-0.1, -0.05) is 12.1 Å². The van der Waals surface area contributed by atoms with Gasteiger partial charge in [-0.15, -0.1) is 0 Å². The van der Waals surface area contributed by atoms with Crippen molar-refractivity contribution < 1.29 is 0 Å². The summed E-state index contributed by atoms with van der Waals surface area (Å²) in [5.41, 5.74) is 7.75. The van der Waals surface area contributed by atoms with E-state index >= 15 is 0 Å². The highest BCUT2D eigenvalue weighted by Crippen LogP contribution is 2.50. The van der Waals surface area contributed by atoms with Crippen LogP contribution >= 0.6 is 0 Å². The fraction of sp³-hybridized carbons (Fsp3) is 0.300. The van der Waals surface area contributed by atoms with Crippen LogP contribution in [0.2, 0.25) is 0 Å². The standard InChI is InChI=1S/C20H20N4/c1-12-8-9-13(2)20(14(12)3)24-15(4)23(7)18-10-16(21-5)17(22-6)11-19(18)24/h8-11,15H,1-4,7H3/t15-/m0/s1. The normalized spacial score (nSPS) is 15.9. The number of benzene rings is 2. The number of hydrogen-bond donors (Lipinski definition) is 0. The highest BCUT2D eigenvalue weighted by molar-refractivity contribution is 5.92. The molecular formula is C20H20N4. The van der Waals surface area contributed by atoms with Crippen molar-refractivity contribution in [2.24, 2.45) is 0 Å². The SMILES string of the molecule is [C-]#[N+]c1cc2c(cc1[N+]#[C-])N(c1c(C)ccc(C)c1C)[C@@H](C)N2C. The average Bonchev–Trinajstić information content (AvgIpc) is 2.82. The molecule has 0 unspecified atom stereocenters. The first-order valence-corrected chi connectivity index (χ1v) is 7.92. The summed E-state index contributed by atoms with van der Waals surface area (Å²) in [7, 11) is 2.04. The van der Waals surface area contributed by atoms with Gasteiger partial charge in [0.1, 0.15) is 6.17 Å². The number of anilines is 3. The molecule has 0 fully saturated rings. The van der Waals surface area contributed by atoms with Crippen molar-refractivity contribution in [2.75, 3.05) is 16.8 Å². The molecule has 120 valence electrons. The quantitative estimate of drug-likeness (QED) is 0.632. The average molecular weight is 316 g/mol. The van der Waals surface area contributed by atoms with Crippen LogP contribution < -0.4 is 9.80 Å². The second-order valence-corrected chi connectivity index (χ2v) is 6.34. The van der Waals surface area contributed by atoms with E-state index in [1.165, 1.54) is 22.4 Å². The van der Waals surface area contributed by atoms with Crippen molar-refractivity contribution in [1.82, 2.24) is 0 Å². The van der Waals surface area contributed by atoms with Crippen LogP contribution in [0.1, 0.15) is 23.6 Å². The van der Waals surface area contributed by atoms with E-state index in [-0.39, 0.29) is 6.17 Å². The molecule has 1 aliphatic rings. The predicted octanol–water partition coefficient (Wildman–Crippen LogP) is 5.65. The first-order valence-electron chi connectivity index (χ1n) is 7.92. The predicted molar refractivity (Wildman–Crippen MR) is 99.6 cm³/mol. The molecule has 0 radical (unpaired) electrons. The Morgan fingerprint density at radius 1 is 0.917 bits per heavy atom. The van der Waals surface area contributed by atoms with Crippen molar-refractivity contribution >= 4 is 28.4 Å². The maximum absolute atomic E-state index is 7.39. The second-order valence-electron chi connectivity index (χ2n) is 6.34. The van der Waals surface area contributed by atoms with Crippen LogP contribution in [-0.4, -0.2) is 13.2 Å². The third kappa shape index (κ3) is 2.12. The van der Waals surface area contributed by atoms with Gasteiger partial charge in [-0.2, -0.15) is 0 Å². The molecule has 0 amide bonds. The number of aryl methyl sites for hydroxylation is 2. The van der Waals surface area contributed by atoms with E-state index < -0.39 is 0 Å². The molecule has 4 nitrogen and oxygen atoms in total. The van der Waals surface area contributed by atoms with E-state index in [4.69, 9.17) is 13.1 Å². The first kappa shape index (κ1) is 15.9. The van der Waals surface area contributed by atoms with Crippen molar-refractivity contribution in [2.45, 2.75) is 33.9 Å². The van der Waals surface area contributed by atoms with E-state index in [1.54, 1.807) is 0 Å². The number of hydrogen-bond acceptors (Lipinski definition) is 2. The van der Waals surface area contributed by atoms with E-state index in [0.717, 1.165) is 11.4 Å². The third-order valence-electron chi connectivity index (χ3n) is 5.03. The van der Waals surface area contributed by atoms with Crippen LogP contribution in [0.15, 0.2) is 24.3 Å². The van der Waals surface area contributed by atoms with Crippen LogP contribution in [0.4, 0.5) is 28.4 Å². The minimum Gasteiger partial charge on any atom is -0.354 e. The molecule has 0 bridgehead atoms. The molecular weight excluding hydrogens is 296 g/mol. The van der Waals surface area contributed by atoms with Crippen LogP contribution in [-0.2, 0) is 0 Å². The zero-order valence-corrected chi connectivity index (χ0v) is 14.7. The summed E-state index contributed by atoms with van der Waals surface area (Å²) in [6.45, 7) is 23.3. The van der Waals surface area contributed by atoms with Gasteiger partial charge in [-0.3, -0.25) is 9.69 Å². The van der Waals surface area contributed by atoms with Gasteiger partial charge in [-0.25, -0.2) is 0 Å². The molecule has 1 atom stereocenters. The second kappa shape index (κ2) is 5.58. The molecule has 1 heterocycles. The Labute approximate surface area is 143 Å². The van der Waals surface area contributed by atoms with Crippen molar-refractivity contribution in [3.05, 3.63) is 63.8 Å². The minimum atomic E-state index is 0.124. The molecule has 0 aromatic heterocycles. The van der Waals surface area contributed by atoms with Gasteiger partial charge in [0.2, 0.25) is 0 Å². The van der Waals surface area contributed by atoms with Crippen molar-refractivity contribution in [3.63, 3.8) is 0 Å². The summed E-state index contributed by atoms with van der Waals surface area (Å²) in [5, 5.41) is 0. The summed E-state index contributed by atoms with van der Waals surface area (Å²) in [4.78, 5) is 11.5. The lowest BCUT2D eigenvalue weighted by Gasteiger charge is -2.31. The highest BCUT2D eigenvalue weighted by atomic mass is 15.4. The van der Waals surface area contributed by atoms with Gasteiger partial charge in [0.05, 0.1) is 18.8 Å². The van der Waals surface area contributed by atoms with E-state index in [0.29, 0.717) is 11.4 Å². The van der Waals surface area contributed by atoms with Crippen LogP contribution in [0, 0.1) is 33.9 Å². The molecule has 2 aromatic carbocycles. The van der Waals surface area contributed by atoms with Gasteiger partial charge in [0.25, 0.3) is 0 Å². The third-order valence-corrected chi connectivity index (χ3v) is 5.03. The zero-order chi connectivity index (χ0) is 17.6. The molecule has 24 heavy (non-hydrogen) atoms. The molecule has 2 aromatic rings. The molecule has 0 saturated heterocycles. The molecule has 4 heteroatoms. The topological polar surface area (TPSA) is 15.2 Å². The summed E-state index contributed by atoms with van der Waals surface area (Å²) in [6.07, 6.45) is 0.124. The van der Waals surface area contributed by atoms with Crippen LogP contribution in [0.3, 0.4) is 0 Å². The van der Waals surface area contributed by atoms with Gasteiger partial charge >= 0.3 is 0 Å². The van der Waals surface area contributed by atoms with Crippen molar-refractivity contribution in [1.29, 1.82) is 0 Å². The van der Waals surface area contributed by atoms with Gasteiger partial charge in [0, 0.05) is 18.4 Å². The molecule has 0 spiro atoms. The number of nitrogens with zero attached hydrogens (tertiary/aromatic N) is 4. The molecule has 0 saturated carbocycles. The van der Waals surface area contributed by atoms with Crippen molar-refractivity contribution in [3.8, 4) is 0 Å². The number of fused-ring (bicyclic) bond motifs is 1. The highest BCUT2D eigenvalue weighted by Gasteiger charge is 2.34. The largest absolute Gasteiger partial charge is 0.354 e. The van der Waals surface area contributed by atoms with Gasteiger partial charge in [0.15, 0.2) is 11.4 Å². The maximum Gasteiger partial charge on any atom is 0.196 e. The Kier molecular flexibility index (Phi) is 3.70. The molecule has 3 rings (SSSR count). The Hall–Kier alpha value is -2.98. The lowest BCUT2D eigenvalue weighted by molar-refractivity contribution is 0.731. The fourth-order valence-corrected chi connectivity index (χ4v) is 3.40. The van der Waals surface area contributed by atoms with E-state index in [1.807, 2.05) is 19.2 Å². The lowest BCUT2D eigenvalue weighted by Crippen LogP contribution is -2.36. The Balaban J connectivity index is 2.30. The Morgan fingerprint density at radius 3 is 2.04 bits per heavy atom. The van der Waals surface area contributed by atoms with E-state index in [2.05, 4.69) is 59.3 Å². The lowest BCUT2D eigenvalue weighted by atomic mass is 10.0. The first-order chi connectivity index (χ1) is 11.4. The smallest absolute Gasteiger partial charge is 0.196 e. The summed E-state index contributed by atoms with van der Waals surface area (Å²) < 4.78 is 0. The summed E-state index contributed by atoms with van der Waals surface area (Å²) in [6, 6.07) is 7.99.